The Kier molecular flexibility index (Phi) is 9.33. The molecule has 1 atom stereocenters. The molecule has 0 aromatic heterocycles. The molecule has 0 bridgehead atoms. The van der Waals surface area contributed by atoms with Gasteiger partial charge in [-0.1, -0.05) is 60.7 Å². The average Bonchev–Trinajstić information content (AvgIpc) is 2.74. The number of hydroxylamine groups is 2. The molecule has 30 heavy (non-hydrogen) atoms. The number of nitrogens with zero attached hydrogens (tertiary/aromatic N) is 1. The molecule has 0 aliphatic carbocycles. The van der Waals surface area contributed by atoms with Crippen molar-refractivity contribution in [3.05, 3.63) is 71.8 Å². The number of hydrogen-bond acceptors (Lipinski definition) is 4. The number of aliphatic carboxylic acids is 2. The number of carboxylic acid groups (broad SMARTS) is 2. The molecule has 0 aliphatic heterocycles. The van der Waals surface area contributed by atoms with Gasteiger partial charge in [-0.3, -0.25) is 9.63 Å². The van der Waals surface area contributed by atoms with Gasteiger partial charge in [-0.25, -0.2) is 14.7 Å². The monoisotopic (exact) mass is 414 g/mol. The number of aryl methyl sites for hydroxylation is 1. The van der Waals surface area contributed by atoms with Crippen molar-refractivity contribution >= 4 is 18.0 Å². The minimum Gasteiger partial charge on any atom is -0.481 e. The molecule has 0 aliphatic rings. The Labute approximate surface area is 175 Å². The molecule has 1 unspecified atom stereocenters. The Morgan fingerprint density at radius 2 is 1.53 bits per heavy atom. The third-order valence-corrected chi connectivity index (χ3v) is 4.37. The van der Waals surface area contributed by atoms with Crippen LogP contribution in [0, 0.1) is 0 Å². The fourth-order valence-electron chi connectivity index (χ4n) is 2.77. The molecule has 0 radical (unpaired) electrons. The number of carbonyl (C=O) groups excluding carboxylic acids is 1. The number of carbonyl (C=O) groups is 3. The molecule has 2 rings (SSSR count). The fraction of sp³-hybridized carbons (Fsp3) is 0.318. The predicted molar refractivity (Wildman–Crippen MR) is 110 cm³/mol. The van der Waals surface area contributed by atoms with E-state index >= 15 is 0 Å². The summed E-state index contributed by atoms with van der Waals surface area (Å²) in [6, 6.07) is 17.0. The van der Waals surface area contributed by atoms with Crippen LogP contribution < -0.4 is 5.32 Å². The maximum Gasteiger partial charge on any atom is 0.342 e. The van der Waals surface area contributed by atoms with Crippen molar-refractivity contribution in [2.45, 2.75) is 38.3 Å². The zero-order valence-electron chi connectivity index (χ0n) is 16.6. The number of benzene rings is 2. The normalized spacial score (nSPS) is 11.5. The fourth-order valence-corrected chi connectivity index (χ4v) is 2.77. The highest BCUT2D eigenvalue weighted by Crippen LogP contribution is 2.08. The Balaban J connectivity index is 1.98. The quantitative estimate of drug-likeness (QED) is 0.460. The topological polar surface area (TPSA) is 116 Å². The standard InChI is InChI=1S/C22H26N2O6/c25-20(26)14-13-19(21(27)28)23-22(29)24(30-16-18-10-5-2-6-11-18)15-7-12-17-8-3-1-4-9-17/h1-6,8-11,19H,7,12-16H2,(H,23,29)(H,25,26)(H,27,28). The maximum absolute atomic E-state index is 12.6. The Morgan fingerprint density at radius 1 is 0.933 bits per heavy atom. The van der Waals surface area contributed by atoms with E-state index in [2.05, 4.69) is 5.32 Å². The van der Waals surface area contributed by atoms with Gasteiger partial charge in [0.25, 0.3) is 0 Å². The van der Waals surface area contributed by atoms with Gasteiger partial charge in [0, 0.05) is 6.42 Å². The molecule has 0 heterocycles. The average molecular weight is 414 g/mol. The Morgan fingerprint density at radius 3 is 2.10 bits per heavy atom. The van der Waals surface area contributed by atoms with Crippen LogP contribution in [0.1, 0.15) is 30.4 Å². The summed E-state index contributed by atoms with van der Waals surface area (Å²) in [7, 11) is 0. The van der Waals surface area contributed by atoms with Crippen LogP contribution in [0.4, 0.5) is 4.79 Å². The second-order valence-electron chi connectivity index (χ2n) is 6.72. The van der Waals surface area contributed by atoms with Crippen molar-refractivity contribution < 1.29 is 29.4 Å². The summed E-state index contributed by atoms with van der Waals surface area (Å²) in [5.41, 5.74) is 1.98. The first-order valence-corrected chi connectivity index (χ1v) is 9.69. The highest BCUT2D eigenvalue weighted by Gasteiger charge is 2.24. The summed E-state index contributed by atoms with van der Waals surface area (Å²) in [5.74, 6) is -2.42. The molecule has 0 saturated carbocycles. The van der Waals surface area contributed by atoms with Crippen molar-refractivity contribution in [2.75, 3.05) is 6.54 Å². The van der Waals surface area contributed by atoms with E-state index in [0.717, 1.165) is 22.6 Å². The van der Waals surface area contributed by atoms with Crippen LogP contribution in [0.15, 0.2) is 60.7 Å². The molecule has 8 nitrogen and oxygen atoms in total. The van der Waals surface area contributed by atoms with Gasteiger partial charge in [-0.15, -0.1) is 0 Å². The van der Waals surface area contributed by atoms with Crippen LogP contribution in [0.3, 0.4) is 0 Å². The number of rotatable bonds is 12. The Bertz CT molecular complexity index is 813. The zero-order chi connectivity index (χ0) is 21.8. The van der Waals surface area contributed by atoms with Gasteiger partial charge in [0.1, 0.15) is 12.6 Å². The molecular weight excluding hydrogens is 388 g/mol. The molecule has 0 spiro atoms. The van der Waals surface area contributed by atoms with Crippen molar-refractivity contribution in [2.24, 2.45) is 0 Å². The van der Waals surface area contributed by atoms with E-state index in [1.807, 2.05) is 60.7 Å². The largest absolute Gasteiger partial charge is 0.481 e. The lowest BCUT2D eigenvalue weighted by Gasteiger charge is -2.24. The second-order valence-corrected chi connectivity index (χ2v) is 6.72. The Hall–Kier alpha value is -3.39. The van der Waals surface area contributed by atoms with Crippen LogP contribution in [-0.4, -0.2) is 45.8 Å². The molecule has 0 saturated heterocycles. The minimum atomic E-state index is -1.31. The van der Waals surface area contributed by atoms with E-state index in [4.69, 9.17) is 9.94 Å². The highest BCUT2D eigenvalue weighted by molar-refractivity contribution is 5.82. The number of urea groups is 1. The third-order valence-electron chi connectivity index (χ3n) is 4.37. The van der Waals surface area contributed by atoms with Crippen LogP contribution >= 0.6 is 0 Å². The summed E-state index contributed by atoms with van der Waals surface area (Å²) in [4.78, 5) is 40.4. The molecular formula is C22H26N2O6. The van der Waals surface area contributed by atoms with Crippen LogP contribution in [-0.2, 0) is 27.5 Å². The van der Waals surface area contributed by atoms with Gasteiger partial charge < -0.3 is 15.5 Å². The molecule has 160 valence electrons. The summed E-state index contributed by atoms with van der Waals surface area (Å²) in [6.07, 6.45) is 0.753. The summed E-state index contributed by atoms with van der Waals surface area (Å²) in [6.45, 7) is 0.394. The molecule has 0 fully saturated rings. The van der Waals surface area contributed by atoms with Crippen LogP contribution in [0.5, 0.6) is 0 Å². The third kappa shape index (κ3) is 8.32. The second kappa shape index (κ2) is 12.2. The first-order valence-electron chi connectivity index (χ1n) is 9.69. The molecule has 2 aromatic carbocycles. The highest BCUT2D eigenvalue weighted by atomic mass is 16.7. The van der Waals surface area contributed by atoms with Crippen LogP contribution in [0.25, 0.3) is 0 Å². The van der Waals surface area contributed by atoms with Crippen molar-refractivity contribution in [1.82, 2.24) is 10.4 Å². The number of carboxylic acids is 2. The van der Waals surface area contributed by atoms with Crippen molar-refractivity contribution in [3.63, 3.8) is 0 Å². The first-order chi connectivity index (χ1) is 14.5. The molecule has 3 N–H and O–H groups in total. The van der Waals surface area contributed by atoms with Gasteiger partial charge in [0.05, 0.1) is 6.54 Å². The van der Waals surface area contributed by atoms with Gasteiger partial charge in [-0.2, -0.15) is 0 Å². The minimum absolute atomic E-state index is 0.145. The first kappa shape index (κ1) is 22.9. The van der Waals surface area contributed by atoms with E-state index in [-0.39, 0.29) is 26.0 Å². The van der Waals surface area contributed by atoms with E-state index in [1.54, 1.807) is 0 Å². The summed E-state index contributed by atoms with van der Waals surface area (Å²) in [5, 5.41) is 21.5. The van der Waals surface area contributed by atoms with Gasteiger partial charge in [-0.05, 0) is 30.4 Å². The van der Waals surface area contributed by atoms with Crippen molar-refractivity contribution in [3.8, 4) is 0 Å². The summed E-state index contributed by atoms with van der Waals surface area (Å²) >= 11 is 0. The lowest BCUT2D eigenvalue weighted by molar-refractivity contribution is -0.142. The number of amides is 2. The number of nitrogens with one attached hydrogen (secondary N) is 1. The maximum atomic E-state index is 12.6. The number of hydrogen-bond donors (Lipinski definition) is 3. The molecule has 2 amide bonds. The predicted octanol–water partition coefficient (Wildman–Crippen LogP) is 3.08. The van der Waals surface area contributed by atoms with Gasteiger partial charge in [0.15, 0.2) is 0 Å². The van der Waals surface area contributed by atoms with Gasteiger partial charge in [0.2, 0.25) is 0 Å². The lowest BCUT2D eigenvalue weighted by Crippen LogP contribution is -2.48. The van der Waals surface area contributed by atoms with E-state index in [0.29, 0.717) is 6.42 Å². The summed E-state index contributed by atoms with van der Waals surface area (Å²) < 4.78 is 0. The van der Waals surface area contributed by atoms with Crippen molar-refractivity contribution in [1.29, 1.82) is 0 Å². The zero-order valence-corrected chi connectivity index (χ0v) is 16.6. The SMILES string of the molecule is O=C(O)CCC(NC(=O)N(CCCc1ccccc1)OCc1ccccc1)C(=O)O. The van der Waals surface area contributed by atoms with E-state index in [9.17, 15) is 19.5 Å². The van der Waals surface area contributed by atoms with Gasteiger partial charge >= 0.3 is 18.0 Å². The van der Waals surface area contributed by atoms with Crippen LogP contribution in [0.2, 0.25) is 0 Å². The van der Waals surface area contributed by atoms with E-state index in [1.165, 1.54) is 0 Å². The molecule has 8 heteroatoms. The van der Waals surface area contributed by atoms with E-state index < -0.39 is 24.0 Å². The lowest BCUT2D eigenvalue weighted by atomic mass is 10.1. The molecule has 2 aromatic rings. The smallest absolute Gasteiger partial charge is 0.342 e.